The first-order valence-corrected chi connectivity index (χ1v) is 9.41. The third-order valence-electron chi connectivity index (χ3n) is 3.71. The molecule has 3 N–H and O–H groups in total. The molecule has 0 aliphatic rings. The number of benzene rings is 1. The lowest BCUT2D eigenvalue weighted by Gasteiger charge is -2.21. The second kappa shape index (κ2) is 8.15. The summed E-state index contributed by atoms with van der Waals surface area (Å²) >= 11 is 0. The van der Waals surface area contributed by atoms with Gasteiger partial charge >= 0.3 is 5.97 Å². The summed E-state index contributed by atoms with van der Waals surface area (Å²) in [5.41, 5.74) is 0.853. The number of furan rings is 1. The lowest BCUT2D eigenvalue weighted by atomic mass is 10.2. The van der Waals surface area contributed by atoms with Crippen LogP contribution in [0.4, 0.5) is 0 Å². The summed E-state index contributed by atoms with van der Waals surface area (Å²) in [5.74, 6) is -1.61. The predicted octanol–water partition coefficient (Wildman–Crippen LogP) is 1.74. The van der Waals surface area contributed by atoms with Crippen LogP contribution < -0.4 is 5.14 Å². The molecule has 0 saturated heterocycles. The van der Waals surface area contributed by atoms with E-state index in [0.29, 0.717) is 0 Å². The van der Waals surface area contributed by atoms with E-state index in [1.807, 2.05) is 30.3 Å². The van der Waals surface area contributed by atoms with Crippen LogP contribution >= 0.6 is 0 Å². The lowest BCUT2D eigenvalue weighted by molar-refractivity contribution is -0.137. The number of rotatable bonds is 8. The van der Waals surface area contributed by atoms with Gasteiger partial charge in [-0.15, -0.1) is 0 Å². The second-order valence-electron chi connectivity index (χ2n) is 5.79. The van der Waals surface area contributed by atoms with E-state index >= 15 is 0 Å². The molecule has 0 atom stereocenters. The Labute approximate surface area is 151 Å². The first kappa shape index (κ1) is 19.7. The Morgan fingerprint density at radius 2 is 1.88 bits per heavy atom. The predicted molar refractivity (Wildman–Crippen MR) is 92.9 cm³/mol. The van der Waals surface area contributed by atoms with Crippen LogP contribution in [0.15, 0.2) is 45.7 Å². The molecule has 1 aromatic carbocycles. The van der Waals surface area contributed by atoms with Crippen LogP contribution in [0.25, 0.3) is 0 Å². The Morgan fingerprint density at radius 3 is 2.42 bits per heavy atom. The molecule has 0 aliphatic heterocycles. The Kier molecular flexibility index (Phi) is 6.17. The molecule has 26 heavy (non-hydrogen) atoms. The van der Waals surface area contributed by atoms with E-state index in [2.05, 4.69) is 0 Å². The van der Waals surface area contributed by atoms with E-state index in [-0.39, 0.29) is 42.3 Å². The number of hydrogen-bond acceptors (Lipinski definition) is 5. The Hall–Kier alpha value is -2.65. The van der Waals surface area contributed by atoms with Crippen molar-refractivity contribution in [3.63, 3.8) is 0 Å². The zero-order valence-corrected chi connectivity index (χ0v) is 15.0. The number of nitrogens with two attached hydrogens (primary N) is 1. The highest BCUT2D eigenvalue weighted by molar-refractivity contribution is 7.89. The zero-order chi connectivity index (χ0) is 19.3. The first-order valence-electron chi connectivity index (χ1n) is 7.86. The summed E-state index contributed by atoms with van der Waals surface area (Å²) in [6.45, 7) is 1.83. The van der Waals surface area contributed by atoms with Crippen molar-refractivity contribution >= 4 is 21.9 Å². The fourth-order valence-electron chi connectivity index (χ4n) is 2.49. The van der Waals surface area contributed by atoms with Crippen LogP contribution in [-0.4, -0.2) is 36.8 Å². The number of carbonyl (C=O) groups excluding carboxylic acids is 1. The molecular weight excluding hydrogens is 360 g/mol. The third-order valence-corrected chi connectivity index (χ3v) is 4.73. The Bertz CT molecular complexity index is 889. The standard InChI is InChI=1S/C17H20N2O6S/c1-12-15(26(18,23)24)10-14(25-12)17(22)19(9-5-8-16(20)21)11-13-6-3-2-4-7-13/h2-4,6-7,10H,5,8-9,11H2,1H3,(H,20,21)(H2,18,23,24). The van der Waals surface area contributed by atoms with Gasteiger partial charge in [-0.1, -0.05) is 30.3 Å². The van der Waals surface area contributed by atoms with Crippen LogP contribution in [0.1, 0.15) is 34.7 Å². The Balaban J connectivity index is 2.25. The number of amides is 1. The van der Waals surface area contributed by atoms with Gasteiger partial charge in [0.1, 0.15) is 10.7 Å². The minimum absolute atomic E-state index is 0.0287. The van der Waals surface area contributed by atoms with Crippen LogP contribution in [-0.2, 0) is 21.4 Å². The second-order valence-corrected chi connectivity index (χ2v) is 7.32. The van der Waals surface area contributed by atoms with Gasteiger partial charge in [0.05, 0.1) is 0 Å². The SMILES string of the molecule is Cc1oc(C(=O)N(CCCC(=O)O)Cc2ccccc2)cc1S(N)(=O)=O. The summed E-state index contributed by atoms with van der Waals surface area (Å²) in [6.07, 6.45) is 0.174. The van der Waals surface area contributed by atoms with Gasteiger partial charge in [0, 0.05) is 25.6 Å². The van der Waals surface area contributed by atoms with Gasteiger partial charge in [-0.25, -0.2) is 13.6 Å². The number of hydrogen-bond donors (Lipinski definition) is 2. The van der Waals surface area contributed by atoms with E-state index in [1.165, 1.54) is 11.8 Å². The summed E-state index contributed by atoms with van der Waals surface area (Å²) < 4.78 is 28.3. The normalized spacial score (nSPS) is 11.3. The van der Waals surface area contributed by atoms with E-state index < -0.39 is 21.9 Å². The number of sulfonamides is 1. The summed E-state index contributed by atoms with van der Waals surface area (Å²) in [7, 11) is -4.00. The lowest BCUT2D eigenvalue weighted by Crippen LogP contribution is -2.31. The summed E-state index contributed by atoms with van der Waals surface area (Å²) in [6, 6.07) is 10.3. The smallest absolute Gasteiger partial charge is 0.303 e. The van der Waals surface area contributed by atoms with Crippen molar-refractivity contribution in [2.45, 2.75) is 31.2 Å². The molecule has 0 saturated carbocycles. The van der Waals surface area contributed by atoms with Gasteiger partial charge in [0.25, 0.3) is 5.91 Å². The van der Waals surface area contributed by atoms with Crippen LogP contribution in [0.5, 0.6) is 0 Å². The molecule has 0 bridgehead atoms. The van der Waals surface area contributed by atoms with Gasteiger partial charge in [-0.05, 0) is 18.9 Å². The molecule has 2 aromatic rings. The van der Waals surface area contributed by atoms with E-state index in [0.717, 1.165) is 11.6 Å². The van der Waals surface area contributed by atoms with Crippen molar-refractivity contribution in [1.29, 1.82) is 0 Å². The van der Waals surface area contributed by atoms with Crippen LogP contribution in [0.3, 0.4) is 0 Å². The Morgan fingerprint density at radius 1 is 1.23 bits per heavy atom. The highest BCUT2D eigenvalue weighted by Gasteiger charge is 2.24. The van der Waals surface area contributed by atoms with E-state index in [9.17, 15) is 18.0 Å². The monoisotopic (exact) mass is 380 g/mol. The van der Waals surface area contributed by atoms with Crippen molar-refractivity contribution in [1.82, 2.24) is 4.90 Å². The van der Waals surface area contributed by atoms with E-state index in [4.69, 9.17) is 14.7 Å². The quantitative estimate of drug-likeness (QED) is 0.717. The average Bonchev–Trinajstić information content (AvgIpc) is 2.96. The number of primary sulfonamides is 1. The minimum atomic E-state index is -4.00. The molecule has 0 radical (unpaired) electrons. The van der Waals surface area contributed by atoms with Crippen molar-refractivity contribution in [2.24, 2.45) is 5.14 Å². The maximum absolute atomic E-state index is 12.8. The highest BCUT2D eigenvalue weighted by Crippen LogP contribution is 2.21. The van der Waals surface area contributed by atoms with Crippen molar-refractivity contribution < 1.29 is 27.5 Å². The van der Waals surface area contributed by atoms with Crippen LogP contribution in [0, 0.1) is 6.92 Å². The maximum Gasteiger partial charge on any atom is 0.303 e. The highest BCUT2D eigenvalue weighted by atomic mass is 32.2. The molecule has 0 aliphatic carbocycles. The number of nitrogens with zero attached hydrogens (tertiary/aromatic N) is 1. The molecule has 0 unspecified atom stereocenters. The number of carboxylic acids is 1. The topological polar surface area (TPSA) is 131 Å². The molecular formula is C17H20N2O6S. The molecule has 9 heteroatoms. The molecule has 2 rings (SSSR count). The zero-order valence-electron chi connectivity index (χ0n) is 14.2. The van der Waals surface area contributed by atoms with E-state index in [1.54, 1.807) is 0 Å². The molecule has 1 aromatic heterocycles. The molecule has 140 valence electrons. The molecule has 1 heterocycles. The minimum Gasteiger partial charge on any atom is -0.481 e. The van der Waals surface area contributed by atoms with Gasteiger partial charge in [0.2, 0.25) is 10.0 Å². The molecule has 8 nitrogen and oxygen atoms in total. The fourth-order valence-corrected chi connectivity index (χ4v) is 3.20. The van der Waals surface area contributed by atoms with Gasteiger partial charge in [0.15, 0.2) is 5.76 Å². The summed E-state index contributed by atoms with van der Waals surface area (Å²) in [4.78, 5) is 24.7. The molecule has 1 amide bonds. The van der Waals surface area contributed by atoms with Gasteiger partial charge in [-0.3, -0.25) is 9.59 Å². The van der Waals surface area contributed by atoms with Crippen LogP contribution in [0.2, 0.25) is 0 Å². The molecule has 0 spiro atoms. The average molecular weight is 380 g/mol. The third kappa shape index (κ3) is 5.17. The maximum atomic E-state index is 12.8. The van der Waals surface area contributed by atoms with Crippen molar-refractivity contribution in [3.8, 4) is 0 Å². The van der Waals surface area contributed by atoms with Gasteiger partial charge in [-0.2, -0.15) is 0 Å². The number of aliphatic carboxylic acids is 1. The summed E-state index contributed by atoms with van der Waals surface area (Å²) in [5, 5.41) is 13.9. The molecule has 0 fully saturated rings. The number of aryl methyl sites for hydroxylation is 1. The first-order chi connectivity index (χ1) is 12.2. The fraction of sp³-hybridized carbons (Fsp3) is 0.294. The van der Waals surface area contributed by atoms with Crippen molar-refractivity contribution in [3.05, 3.63) is 53.5 Å². The number of carboxylic acid groups (broad SMARTS) is 1. The van der Waals surface area contributed by atoms with Gasteiger partial charge < -0.3 is 14.4 Å². The van der Waals surface area contributed by atoms with Crippen molar-refractivity contribution in [2.75, 3.05) is 6.54 Å². The largest absolute Gasteiger partial charge is 0.481 e. The number of carbonyl (C=O) groups is 2.